The van der Waals surface area contributed by atoms with Crippen LogP contribution in [-0.2, 0) is 19.2 Å². The average molecular weight is 569 g/mol. The summed E-state index contributed by atoms with van der Waals surface area (Å²) in [7, 11) is 0. The van der Waals surface area contributed by atoms with Crippen molar-refractivity contribution in [2.45, 2.75) is 69.2 Å². The Balaban J connectivity index is 1.90. The van der Waals surface area contributed by atoms with Crippen LogP contribution in [0.1, 0.15) is 69.2 Å². The van der Waals surface area contributed by atoms with E-state index in [1.165, 1.54) is 0 Å². The van der Waals surface area contributed by atoms with E-state index in [-0.39, 0.29) is 46.8 Å². The Morgan fingerprint density at radius 2 is 0.786 bits per heavy atom. The smallest absolute Gasteiger partial charge is 0.204 e. The molecule has 4 heteroatoms. The minimum absolute atomic E-state index is 0.0842. The van der Waals surface area contributed by atoms with E-state index in [4.69, 9.17) is 0 Å². The molecule has 0 spiro atoms. The van der Waals surface area contributed by atoms with Gasteiger partial charge in [0.05, 0.1) is 0 Å². The van der Waals surface area contributed by atoms with Crippen LogP contribution in [-0.4, -0.2) is 23.1 Å². The van der Waals surface area contributed by atoms with Crippen LogP contribution in [0.3, 0.4) is 0 Å². The lowest BCUT2D eigenvalue weighted by atomic mass is 9.78. The van der Waals surface area contributed by atoms with Crippen molar-refractivity contribution >= 4 is 23.1 Å². The number of hydrogen-bond donors (Lipinski definition) is 0. The molecule has 2 fully saturated rings. The van der Waals surface area contributed by atoms with Crippen LogP contribution in [0.5, 0.6) is 0 Å². The van der Waals surface area contributed by atoms with Gasteiger partial charge in [0.25, 0.3) is 0 Å². The van der Waals surface area contributed by atoms with E-state index in [9.17, 15) is 19.2 Å². The second-order valence-corrected chi connectivity index (χ2v) is 12.9. The lowest BCUT2D eigenvalue weighted by Crippen LogP contribution is -2.26. The third-order valence-corrected chi connectivity index (χ3v) is 8.59. The molecule has 0 aromatic carbocycles. The van der Waals surface area contributed by atoms with E-state index < -0.39 is 10.8 Å². The molecule has 0 heterocycles. The van der Waals surface area contributed by atoms with E-state index in [0.29, 0.717) is 0 Å². The Bertz CT molecular complexity index is 1260. The van der Waals surface area contributed by atoms with Crippen molar-refractivity contribution in [3.05, 3.63) is 107 Å². The second-order valence-electron chi connectivity index (χ2n) is 12.9. The molecule has 0 aliphatic heterocycles. The predicted molar refractivity (Wildman–Crippen MR) is 174 cm³/mol. The van der Waals surface area contributed by atoms with Crippen LogP contribution < -0.4 is 0 Å². The summed E-state index contributed by atoms with van der Waals surface area (Å²) < 4.78 is 0. The highest BCUT2D eigenvalue weighted by molar-refractivity contribution is 6.42. The van der Waals surface area contributed by atoms with Crippen LogP contribution >= 0.6 is 0 Å². The zero-order chi connectivity index (χ0) is 31.8. The van der Waals surface area contributed by atoms with E-state index in [2.05, 4.69) is 0 Å². The topological polar surface area (TPSA) is 68.3 Å². The Morgan fingerprint density at radius 3 is 1.07 bits per heavy atom. The van der Waals surface area contributed by atoms with Gasteiger partial charge in [0.2, 0.25) is 23.1 Å². The molecule has 0 N–H and O–H groups in total. The number of ketones is 4. The highest BCUT2D eigenvalue weighted by Gasteiger charge is 2.52. The Labute approximate surface area is 253 Å². The summed E-state index contributed by atoms with van der Waals surface area (Å²) in [5.41, 5.74) is 3.02. The molecule has 4 unspecified atom stereocenters. The first-order chi connectivity index (χ1) is 19.5. The number of Topliss-reactive ketones (excluding diaryl/α,β-unsaturated/α-hetero) is 4. The zero-order valence-electron chi connectivity index (χ0n) is 27.0. The molecule has 2 rings (SSSR count). The summed E-state index contributed by atoms with van der Waals surface area (Å²) in [5, 5.41) is 0. The van der Waals surface area contributed by atoms with Gasteiger partial charge in [-0.15, -0.1) is 0 Å². The second kappa shape index (κ2) is 14.5. The van der Waals surface area contributed by atoms with Gasteiger partial charge in [-0.25, -0.2) is 0 Å². The molecule has 4 nitrogen and oxygen atoms in total. The maximum Gasteiger partial charge on any atom is 0.204 e. The maximum atomic E-state index is 12.2. The van der Waals surface area contributed by atoms with Gasteiger partial charge in [-0.3, -0.25) is 19.2 Å². The third-order valence-electron chi connectivity index (χ3n) is 8.59. The summed E-state index contributed by atoms with van der Waals surface area (Å²) in [6.07, 6.45) is 28.2. The van der Waals surface area contributed by atoms with E-state index >= 15 is 0 Å². The zero-order valence-corrected chi connectivity index (χ0v) is 27.0. The molecular formula is C38H48O4. The van der Waals surface area contributed by atoms with Gasteiger partial charge in [-0.05, 0) is 39.5 Å². The first-order valence-corrected chi connectivity index (χ1v) is 14.8. The Kier molecular flexibility index (Phi) is 11.9. The molecule has 224 valence electrons. The number of hydrogen-bond acceptors (Lipinski definition) is 4. The van der Waals surface area contributed by atoms with Crippen LogP contribution in [0.15, 0.2) is 107 Å². The summed E-state index contributed by atoms with van der Waals surface area (Å²) in [5.74, 6) is -1.79. The lowest BCUT2D eigenvalue weighted by molar-refractivity contribution is -0.138. The molecule has 0 aromatic rings. The van der Waals surface area contributed by atoms with Crippen molar-refractivity contribution in [2.75, 3.05) is 0 Å². The van der Waals surface area contributed by atoms with Gasteiger partial charge in [0.1, 0.15) is 0 Å². The van der Waals surface area contributed by atoms with Gasteiger partial charge in [0.15, 0.2) is 0 Å². The molecule has 0 aromatic heterocycles. The quantitative estimate of drug-likeness (QED) is 0.196. The molecular weight excluding hydrogens is 520 g/mol. The van der Waals surface area contributed by atoms with Gasteiger partial charge in [-0.2, -0.15) is 0 Å². The largest absolute Gasteiger partial charge is 0.291 e. The van der Waals surface area contributed by atoms with Crippen molar-refractivity contribution in [1.29, 1.82) is 0 Å². The minimum atomic E-state index is -0.650. The Morgan fingerprint density at radius 1 is 0.500 bits per heavy atom. The molecule has 0 saturated heterocycles. The summed E-state index contributed by atoms with van der Waals surface area (Å²) in [4.78, 5) is 48.6. The normalized spacial score (nSPS) is 28.0. The van der Waals surface area contributed by atoms with Crippen LogP contribution in [0, 0.1) is 34.5 Å². The summed E-state index contributed by atoms with van der Waals surface area (Å²) in [6.45, 7) is 19.2. The molecule has 2 aliphatic carbocycles. The fourth-order valence-electron chi connectivity index (χ4n) is 5.59. The highest BCUT2D eigenvalue weighted by atomic mass is 16.2. The van der Waals surface area contributed by atoms with Crippen molar-refractivity contribution in [3.8, 4) is 0 Å². The molecule has 0 amide bonds. The van der Waals surface area contributed by atoms with Gasteiger partial charge < -0.3 is 0 Å². The summed E-state index contributed by atoms with van der Waals surface area (Å²) in [6, 6.07) is 0. The first kappa shape index (κ1) is 34.5. The maximum absolute atomic E-state index is 12.2. The molecule has 42 heavy (non-hydrogen) atoms. The van der Waals surface area contributed by atoms with Crippen LogP contribution in [0.2, 0.25) is 0 Å². The third kappa shape index (κ3) is 8.44. The van der Waals surface area contributed by atoms with Gasteiger partial charge in [0, 0.05) is 22.7 Å². The molecule has 2 aliphatic rings. The molecule has 0 radical (unpaired) electrons. The van der Waals surface area contributed by atoms with E-state index in [1.807, 2.05) is 154 Å². The SMILES string of the molecule is CC(C=CC1C(C)C(=O)C(=O)C1(C)C)=C/C=C/C(C)=C/C=C/C=C(C)/C=C/C=C(\C)C=CC1C(C)C(=O)C(=O)C1(C)C. The number of carbonyl (C=O) groups is 4. The number of carbonyl (C=O) groups excluding carboxylic acids is 4. The fourth-order valence-corrected chi connectivity index (χ4v) is 5.59. The van der Waals surface area contributed by atoms with Crippen molar-refractivity contribution in [2.24, 2.45) is 34.5 Å². The van der Waals surface area contributed by atoms with Gasteiger partial charge in [-0.1, -0.05) is 149 Å². The molecule has 0 bridgehead atoms. The van der Waals surface area contributed by atoms with Gasteiger partial charge >= 0.3 is 0 Å². The van der Waals surface area contributed by atoms with Crippen LogP contribution in [0.25, 0.3) is 0 Å². The Hall–Kier alpha value is -3.66. The fraction of sp³-hybridized carbons (Fsp3) is 0.421. The molecule has 2 saturated carbocycles. The first-order valence-electron chi connectivity index (χ1n) is 14.8. The van der Waals surface area contributed by atoms with Crippen LogP contribution in [0.4, 0.5) is 0 Å². The predicted octanol–water partition coefficient (Wildman–Crippen LogP) is 8.41. The highest BCUT2D eigenvalue weighted by Crippen LogP contribution is 2.43. The number of rotatable bonds is 10. The van der Waals surface area contributed by atoms with Crippen molar-refractivity contribution in [3.63, 3.8) is 0 Å². The monoisotopic (exact) mass is 568 g/mol. The van der Waals surface area contributed by atoms with Crippen molar-refractivity contribution in [1.82, 2.24) is 0 Å². The van der Waals surface area contributed by atoms with E-state index in [1.54, 1.807) is 0 Å². The lowest BCUT2D eigenvalue weighted by Gasteiger charge is -2.23. The van der Waals surface area contributed by atoms with Crippen molar-refractivity contribution < 1.29 is 19.2 Å². The standard InChI is InChI=1S/C38H48O4/c1-25(17-13-19-27(3)21-23-31-29(5)33(39)35(41)37(31,7)8)15-11-12-16-26(2)18-14-20-28(4)22-24-32-30(6)34(40)36(42)38(32,9)10/h11-24,29-32H,1-10H3/b12-11+,17-13+,18-14+,23-21?,24-22?,25-15+,26-16+,27-19+,28-20?. The number of allylic oxidation sites excluding steroid dienone is 18. The average Bonchev–Trinajstić information content (AvgIpc) is 3.16. The van der Waals surface area contributed by atoms with E-state index in [0.717, 1.165) is 22.3 Å². The molecule has 4 atom stereocenters. The summed E-state index contributed by atoms with van der Waals surface area (Å²) >= 11 is 0. The minimum Gasteiger partial charge on any atom is -0.291 e.